The van der Waals surface area contributed by atoms with E-state index in [4.69, 9.17) is 5.73 Å². The molecule has 0 aromatic heterocycles. The molecular weight excluding hydrogens is 220 g/mol. The molecule has 16 heavy (non-hydrogen) atoms. The molecule has 1 heterocycles. The lowest BCUT2D eigenvalue weighted by Gasteiger charge is -2.25. The van der Waals surface area contributed by atoms with Gasteiger partial charge in [0.05, 0.1) is 10.9 Å². The number of carbonyl (C=O) groups excluding carboxylic acids is 1. The summed E-state index contributed by atoms with van der Waals surface area (Å²) in [4.78, 5) is 12.7. The van der Waals surface area contributed by atoms with Crippen molar-refractivity contribution in [1.29, 1.82) is 0 Å². The number of benzene rings is 1. The van der Waals surface area contributed by atoms with Gasteiger partial charge in [-0.1, -0.05) is 6.07 Å². The van der Waals surface area contributed by atoms with E-state index in [-0.39, 0.29) is 16.7 Å². The Bertz CT molecular complexity index is 437. The van der Waals surface area contributed by atoms with E-state index >= 15 is 0 Å². The van der Waals surface area contributed by atoms with Crippen LogP contribution < -0.4 is 11.1 Å². The second-order valence-corrected chi connectivity index (χ2v) is 6.06. The fraction of sp³-hybridized carbons (Fsp3) is 0.417. The molecular formula is C12H16N2OS. The van der Waals surface area contributed by atoms with Crippen molar-refractivity contribution >= 4 is 23.4 Å². The van der Waals surface area contributed by atoms with Crippen LogP contribution in [0.25, 0.3) is 0 Å². The summed E-state index contributed by atoms with van der Waals surface area (Å²) >= 11 is 1.59. The molecule has 0 fully saturated rings. The van der Waals surface area contributed by atoms with Crippen LogP contribution >= 0.6 is 11.8 Å². The van der Waals surface area contributed by atoms with Crippen molar-refractivity contribution in [1.82, 2.24) is 0 Å². The molecule has 0 saturated carbocycles. The molecule has 0 bridgehead atoms. The summed E-state index contributed by atoms with van der Waals surface area (Å²) in [6.45, 7) is 5.81. The highest BCUT2D eigenvalue weighted by Crippen LogP contribution is 2.37. The lowest BCUT2D eigenvalue weighted by molar-refractivity contribution is -0.115. The molecule has 1 aromatic rings. The quantitative estimate of drug-likeness (QED) is 0.786. The fourth-order valence-electron chi connectivity index (χ4n) is 1.61. The number of carbonyl (C=O) groups is 1. The Morgan fingerprint density at radius 2 is 2.12 bits per heavy atom. The number of amides is 1. The topological polar surface area (TPSA) is 55.1 Å². The van der Waals surface area contributed by atoms with Crippen LogP contribution in [0, 0.1) is 0 Å². The molecule has 3 N–H and O–H groups in total. The van der Waals surface area contributed by atoms with Crippen molar-refractivity contribution in [3.63, 3.8) is 0 Å². The Balaban J connectivity index is 2.40. The van der Waals surface area contributed by atoms with Crippen LogP contribution in [-0.2, 0) is 10.3 Å². The summed E-state index contributed by atoms with van der Waals surface area (Å²) in [6.07, 6.45) is 0. The van der Waals surface area contributed by atoms with E-state index in [1.807, 2.05) is 39.0 Å². The van der Waals surface area contributed by atoms with Crippen molar-refractivity contribution in [2.75, 3.05) is 5.32 Å². The molecule has 0 saturated heterocycles. The normalized spacial score (nSPS) is 20.2. The van der Waals surface area contributed by atoms with Gasteiger partial charge >= 0.3 is 0 Å². The zero-order valence-corrected chi connectivity index (χ0v) is 10.5. The number of nitrogens with one attached hydrogen (secondary N) is 1. The summed E-state index contributed by atoms with van der Waals surface area (Å²) in [6, 6.07) is 6.02. The van der Waals surface area contributed by atoms with Gasteiger partial charge in [-0.05, 0) is 38.5 Å². The number of anilines is 1. The van der Waals surface area contributed by atoms with E-state index in [1.54, 1.807) is 11.8 Å². The number of fused-ring (bicyclic) bond motifs is 1. The second-order valence-electron chi connectivity index (χ2n) is 4.68. The number of thioether (sulfide) groups is 1. The molecule has 1 atom stereocenters. The summed E-state index contributed by atoms with van der Waals surface area (Å²) in [5, 5.41) is 2.88. The maximum Gasteiger partial charge on any atom is 0.237 e. The van der Waals surface area contributed by atoms with E-state index in [0.29, 0.717) is 0 Å². The molecule has 1 aliphatic rings. The third kappa shape index (κ3) is 2.08. The standard InChI is InChI=1S/C12H16N2OS/c1-7-11(15)14-9-6-8(12(2,3)13)4-5-10(9)16-7/h4-7H,13H2,1-3H3,(H,14,15). The van der Waals surface area contributed by atoms with Gasteiger partial charge < -0.3 is 11.1 Å². The Morgan fingerprint density at radius 3 is 2.75 bits per heavy atom. The van der Waals surface area contributed by atoms with Gasteiger partial charge in [0.25, 0.3) is 0 Å². The Morgan fingerprint density at radius 1 is 1.44 bits per heavy atom. The third-order valence-electron chi connectivity index (χ3n) is 2.65. The Hall–Kier alpha value is -1.00. The van der Waals surface area contributed by atoms with Gasteiger partial charge in [0.2, 0.25) is 5.91 Å². The molecule has 0 aliphatic carbocycles. The average Bonchev–Trinajstić information content (AvgIpc) is 2.17. The molecule has 1 aliphatic heterocycles. The highest BCUT2D eigenvalue weighted by Gasteiger charge is 2.24. The van der Waals surface area contributed by atoms with Crippen LogP contribution in [0.4, 0.5) is 5.69 Å². The molecule has 1 amide bonds. The van der Waals surface area contributed by atoms with Gasteiger partial charge in [0.1, 0.15) is 0 Å². The lowest BCUT2D eigenvalue weighted by atomic mass is 9.95. The minimum atomic E-state index is -0.381. The largest absolute Gasteiger partial charge is 0.324 e. The summed E-state index contributed by atoms with van der Waals surface area (Å²) in [5.41, 5.74) is 7.56. The predicted octanol–water partition coefficient (Wildman–Crippen LogP) is 2.31. The Kier molecular flexibility index (Phi) is 2.72. The smallest absolute Gasteiger partial charge is 0.237 e. The number of hydrogen-bond acceptors (Lipinski definition) is 3. The zero-order chi connectivity index (χ0) is 11.9. The van der Waals surface area contributed by atoms with E-state index in [9.17, 15) is 4.79 Å². The van der Waals surface area contributed by atoms with Crippen molar-refractivity contribution in [3.05, 3.63) is 23.8 Å². The molecule has 86 valence electrons. The maximum absolute atomic E-state index is 11.6. The van der Waals surface area contributed by atoms with E-state index in [0.717, 1.165) is 16.1 Å². The van der Waals surface area contributed by atoms with Crippen molar-refractivity contribution < 1.29 is 4.79 Å². The monoisotopic (exact) mass is 236 g/mol. The van der Waals surface area contributed by atoms with E-state index < -0.39 is 0 Å². The SMILES string of the molecule is CC1Sc2ccc(C(C)(C)N)cc2NC1=O. The second kappa shape index (κ2) is 3.79. The maximum atomic E-state index is 11.6. The molecule has 3 nitrogen and oxygen atoms in total. The van der Waals surface area contributed by atoms with Crippen LogP contribution in [0.3, 0.4) is 0 Å². The zero-order valence-electron chi connectivity index (χ0n) is 9.70. The Labute approximate surface area is 99.8 Å². The molecule has 0 spiro atoms. The predicted molar refractivity (Wildman–Crippen MR) is 67.6 cm³/mol. The number of nitrogens with two attached hydrogens (primary N) is 1. The summed E-state index contributed by atoms with van der Waals surface area (Å²) in [5.74, 6) is 0.0597. The van der Waals surface area contributed by atoms with Gasteiger partial charge in [-0.15, -0.1) is 11.8 Å². The van der Waals surface area contributed by atoms with Gasteiger partial charge in [-0.2, -0.15) is 0 Å². The lowest BCUT2D eigenvalue weighted by Crippen LogP contribution is -2.30. The third-order valence-corrected chi connectivity index (χ3v) is 3.83. The summed E-state index contributed by atoms with van der Waals surface area (Å²) < 4.78 is 0. The van der Waals surface area contributed by atoms with Crippen LogP contribution in [-0.4, -0.2) is 11.2 Å². The molecule has 0 radical (unpaired) electrons. The highest BCUT2D eigenvalue weighted by atomic mass is 32.2. The van der Waals surface area contributed by atoms with Crippen molar-refractivity contribution in [3.8, 4) is 0 Å². The first-order valence-electron chi connectivity index (χ1n) is 5.29. The first-order chi connectivity index (χ1) is 7.38. The van der Waals surface area contributed by atoms with E-state index in [2.05, 4.69) is 5.32 Å². The van der Waals surface area contributed by atoms with Crippen molar-refractivity contribution in [2.45, 2.75) is 36.5 Å². The fourth-order valence-corrected chi connectivity index (χ4v) is 2.54. The average molecular weight is 236 g/mol. The minimum absolute atomic E-state index is 0.0239. The van der Waals surface area contributed by atoms with Gasteiger partial charge in [-0.25, -0.2) is 0 Å². The molecule has 2 rings (SSSR count). The number of hydrogen-bond donors (Lipinski definition) is 2. The van der Waals surface area contributed by atoms with Gasteiger partial charge in [0, 0.05) is 10.4 Å². The van der Waals surface area contributed by atoms with E-state index in [1.165, 1.54) is 0 Å². The van der Waals surface area contributed by atoms with Crippen LogP contribution in [0.15, 0.2) is 23.1 Å². The minimum Gasteiger partial charge on any atom is -0.324 e. The van der Waals surface area contributed by atoms with Crippen molar-refractivity contribution in [2.24, 2.45) is 5.73 Å². The molecule has 4 heteroatoms. The van der Waals surface area contributed by atoms with Crippen LogP contribution in [0.5, 0.6) is 0 Å². The first kappa shape index (κ1) is 11.5. The molecule has 1 unspecified atom stereocenters. The van der Waals surface area contributed by atoms with Crippen LogP contribution in [0.1, 0.15) is 26.3 Å². The van der Waals surface area contributed by atoms with Gasteiger partial charge in [0.15, 0.2) is 0 Å². The van der Waals surface area contributed by atoms with Gasteiger partial charge in [-0.3, -0.25) is 4.79 Å². The first-order valence-corrected chi connectivity index (χ1v) is 6.17. The number of rotatable bonds is 1. The summed E-state index contributed by atoms with van der Waals surface area (Å²) in [7, 11) is 0. The van der Waals surface area contributed by atoms with Crippen LogP contribution in [0.2, 0.25) is 0 Å². The highest BCUT2D eigenvalue weighted by molar-refractivity contribution is 8.00. The molecule has 1 aromatic carbocycles.